The van der Waals surface area contributed by atoms with Crippen LogP contribution in [0, 0.1) is 68.0 Å². The van der Waals surface area contributed by atoms with Gasteiger partial charge in [-0.25, -0.2) is 0 Å². The summed E-state index contributed by atoms with van der Waals surface area (Å²) in [6.07, 6.45) is 13.1. The van der Waals surface area contributed by atoms with Crippen molar-refractivity contribution in [1.29, 1.82) is 0 Å². The maximum Gasteiger partial charge on any atom is 0.309 e. The third-order valence-electron chi connectivity index (χ3n) is 17.3. The number of carbonyl (C=O) groups is 1. The Morgan fingerprint density at radius 1 is 0.860 bits per heavy atom. The zero-order chi connectivity index (χ0) is 30.4. The van der Waals surface area contributed by atoms with Gasteiger partial charge >= 0.3 is 5.97 Å². The van der Waals surface area contributed by atoms with Crippen molar-refractivity contribution >= 4 is 5.97 Å². The summed E-state index contributed by atoms with van der Waals surface area (Å²) >= 11 is 0. The molecule has 0 radical (unpaired) electrons. The van der Waals surface area contributed by atoms with Crippen LogP contribution in [0.4, 0.5) is 0 Å². The molecule has 2 bridgehead atoms. The fraction of sp³-hybridized carbons (Fsp3) is 0.821. The molecule has 2 N–H and O–H groups in total. The first-order valence-corrected chi connectivity index (χ1v) is 17.8. The Balaban J connectivity index is 1.23. The smallest absolute Gasteiger partial charge is 0.309 e. The molecule has 236 valence electrons. The molecule has 7 fully saturated rings. The van der Waals surface area contributed by atoms with Gasteiger partial charge in [-0.3, -0.25) is 4.79 Å². The molecule has 1 heterocycles. The number of carboxylic acids is 1. The van der Waals surface area contributed by atoms with Crippen molar-refractivity contribution in [2.75, 3.05) is 0 Å². The average molecular weight is 589 g/mol. The van der Waals surface area contributed by atoms with E-state index >= 15 is 0 Å². The van der Waals surface area contributed by atoms with Crippen LogP contribution in [0.3, 0.4) is 0 Å². The molecule has 1 aromatic carbocycles. The van der Waals surface area contributed by atoms with E-state index in [1.165, 1.54) is 44.1 Å². The van der Waals surface area contributed by atoms with Crippen LogP contribution in [0.5, 0.6) is 0 Å². The van der Waals surface area contributed by atoms with Crippen LogP contribution in [0.1, 0.15) is 118 Å². The van der Waals surface area contributed by atoms with E-state index < -0.39 is 17.2 Å². The van der Waals surface area contributed by atoms with Gasteiger partial charge < -0.3 is 14.9 Å². The number of aliphatic carboxylic acids is 1. The number of aliphatic hydroxyl groups is 1. The summed E-state index contributed by atoms with van der Waals surface area (Å²) in [6.45, 7) is 14.9. The minimum Gasteiger partial charge on any atom is -0.481 e. The highest BCUT2D eigenvalue weighted by Crippen LogP contribution is 2.83. The van der Waals surface area contributed by atoms with E-state index in [0.29, 0.717) is 29.6 Å². The highest BCUT2D eigenvalue weighted by Gasteiger charge is 2.80. The summed E-state index contributed by atoms with van der Waals surface area (Å²) in [5.41, 5.74) is 1.57. The summed E-state index contributed by atoms with van der Waals surface area (Å²) in [4.78, 5) is 12.6. The monoisotopic (exact) mass is 588 g/mol. The van der Waals surface area contributed by atoms with Crippen molar-refractivity contribution in [3.8, 4) is 0 Å². The Morgan fingerprint density at radius 3 is 2.30 bits per heavy atom. The second kappa shape index (κ2) is 8.69. The van der Waals surface area contributed by atoms with Crippen LogP contribution in [-0.4, -0.2) is 28.1 Å². The molecule has 4 nitrogen and oxygen atoms in total. The summed E-state index contributed by atoms with van der Waals surface area (Å²) in [6, 6.07) is 10.9. The lowest BCUT2D eigenvalue weighted by molar-refractivity contribution is -0.309. The lowest BCUT2D eigenvalue weighted by Crippen LogP contribution is -2.73. The predicted octanol–water partition coefficient (Wildman–Crippen LogP) is 8.51. The third-order valence-corrected chi connectivity index (χ3v) is 17.3. The van der Waals surface area contributed by atoms with Crippen LogP contribution in [0.25, 0.3) is 0 Å². The molecular weight excluding hydrogens is 532 g/mol. The van der Waals surface area contributed by atoms with Gasteiger partial charge in [0.05, 0.1) is 11.5 Å². The van der Waals surface area contributed by atoms with Gasteiger partial charge in [0.25, 0.3) is 0 Å². The molecule has 6 saturated carbocycles. The third kappa shape index (κ3) is 3.34. The molecular formula is C39H56O4. The van der Waals surface area contributed by atoms with Gasteiger partial charge in [-0.1, -0.05) is 65.0 Å². The fourth-order valence-electron chi connectivity index (χ4n) is 15.0. The first-order chi connectivity index (χ1) is 20.2. The van der Waals surface area contributed by atoms with E-state index in [1.54, 1.807) is 0 Å². The largest absolute Gasteiger partial charge is 0.481 e. The number of hydrogen-bond donors (Lipinski definition) is 2. The van der Waals surface area contributed by atoms with Crippen molar-refractivity contribution in [2.24, 2.45) is 68.0 Å². The minimum absolute atomic E-state index is 0.0113. The van der Waals surface area contributed by atoms with Gasteiger partial charge in [0.15, 0.2) is 5.79 Å². The molecule has 14 atom stereocenters. The Bertz CT molecular complexity index is 1330. The van der Waals surface area contributed by atoms with Crippen LogP contribution >= 0.6 is 0 Å². The van der Waals surface area contributed by atoms with Crippen molar-refractivity contribution < 1.29 is 19.7 Å². The van der Waals surface area contributed by atoms with E-state index in [2.05, 4.69) is 65.0 Å². The predicted molar refractivity (Wildman–Crippen MR) is 168 cm³/mol. The average Bonchev–Trinajstić information content (AvgIpc) is 3.07. The number of ether oxygens (including phenoxy) is 1. The van der Waals surface area contributed by atoms with E-state index in [1.807, 2.05) is 6.92 Å². The highest BCUT2D eigenvalue weighted by molar-refractivity contribution is 5.74. The SMILES string of the molecule is CC1C2(O)CC3CCC4CC5(C)C6CC(C)(C(=O)O)CCC6(C)CCC5(C)C5CCC1(C(Cc1ccccc1)O2)C3C45C. The molecule has 14 unspecified atom stereocenters. The van der Waals surface area contributed by atoms with Crippen molar-refractivity contribution in [2.45, 2.75) is 130 Å². The molecule has 0 aromatic heterocycles. The van der Waals surface area contributed by atoms with Gasteiger partial charge in [-0.15, -0.1) is 0 Å². The number of fused-ring (bicyclic) bond motifs is 5. The first kappa shape index (κ1) is 29.0. The van der Waals surface area contributed by atoms with E-state index in [-0.39, 0.29) is 39.1 Å². The molecule has 1 saturated heterocycles. The number of carboxylic acid groups (broad SMARTS) is 1. The molecule has 1 spiro atoms. The zero-order valence-electron chi connectivity index (χ0n) is 27.6. The first-order valence-electron chi connectivity index (χ1n) is 17.8. The van der Waals surface area contributed by atoms with Crippen LogP contribution < -0.4 is 0 Å². The van der Waals surface area contributed by atoms with E-state index in [0.717, 1.165) is 38.5 Å². The Kier molecular flexibility index (Phi) is 5.87. The lowest BCUT2D eigenvalue weighted by Gasteiger charge is -2.78. The number of hydrogen-bond acceptors (Lipinski definition) is 3. The topological polar surface area (TPSA) is 66.8 Å². The molecule has 6 aliphatic carbocycles. The van der Waals surface area contributed by atoms with E-state index in [4.69, 9.17) is 4.74 Å². The quantitative estimate of drug-likeness (QED) is 0.371. The molecule has 43 heavy (non-hydrogen) atoms. The zero-order valence-corrected chi connectivity index (χ0v) is 27.6. The summed E-state index contributed by atoms with van der Waals surface area (Å²) in [7, 11) is 0. The maximum absolute atomic E-state index is 12.6. The van der Waals surface area contributed by atoms with Gasteiger partial charge in [0.1, 0.15) is 0 Å². The number of rotatable bonds is 3. The normalized spacial score (nSPS) is 58.2. The molecule has 1 aromatic rings. The molecule has 7 aliphatic rings. The summed E-state index contributed by atoms with van der Waals surface area (Å²) in [5.74, 6) is 1.43. The fourth-order valence-corrected chi connectivity index (χ4v) is 15.0. The highest BCUT2D eigenvalue weighted by atomic mass is 16.6. The molecule has 8 rings (SSSR count). The minimum atomic E-state index is -1.00. The lowest BCUT2D eigenvalue weighted by atomic mass is 9.26. The summed E-state index contributed by atoms with van der Waals surface area (Å²) < 4.78 is 6.91. The van der Waals surface area contributed by atoms with Crippen molar-refractivity contribution in [1.82, 2.24) is 0 Å². The van der Waals surface area contributed by atoms with Gasteiger partial charge in [0, 0.05) is 17.8 Å². The van der Waals surface area contributed by atoms with Crippen molar-refractivity contribution in [3.05, 3.63) is 35.9 Å². The molecule has 0 amide bonds. The Morgan fingerprint density at radius 2 is 1.58 bits per heavy atom. The second-order valence-electron chi connectivity index (χ2n) is 18.5. The Labute approximate surface area is 259 Å². The molecule has 1 aliphatic heterocycles. The maximum atomic E-state index is 12.6. The molecule has 4 heteroatoms. The van der Waals surface area contributed by atoms with Crippen LogP contribution in [0.2, 0.25) is 0 Å². The van der Waals surface area contributed by atoms with Crippen LogP contribution in [0.15, 0.2) is 30.3 Å². The summed E-state index contributed by atoms with van der Waals surface area (Å²) in [5, 5.41) is 22.5. The van der Waals surface area contributed by atoms with Gasteiger partial charge in [0.2, 0.25) is 0 Å². The van der Waals surface area contributed by atoms with Gasteiger partial charge in [-0.2, -0.15) is 0 Å². The van der Waals surface area contributed by atoms with Gasteiger partial charge in [-0.05, 0) is 134 Å². The second-order valence-corrected chi connectivity index (χ2v) is 18.5. The van der Waals surface area contributed by atoms with E-state index in [9.17, 15) is 15.0 Å². The Hall–Kier alpha value is -1.39. The number of benzene rings is 1. The standard InChI is InChI=1S/C39H56O4/c1-24-38-15-14-28-35(4)19-18-33(2)16-17-34(3,32(40)41)23-29(33)36(35,5)22-27-13-12-26(31(38)37(27,28)6)21-39(24,42)43-30(38)20-25-10-8-7-9-11-25/h7-11,24,26-31,42H,12-23H2,1-6H3,(H,40,41). The van der Waals surface area contributed by atoms with Crippen molar-refractivity contribution in [3.63, 3.8) is 0 Å². The van der Waals surface area contributed by atoms with Crippen LogP contribution in [-0.2, 0) is 16.0 Å².